The highest BCUT2D eigenvalue weighted by molar-refractivity contribution is 6.23. The van der Waals surface area contributed by atoms with E-state index in [1.807, 2.05) is 0 Å². The van der Waals surface area contributed by atoms with E-state index in [1.165, 1.54) is 37.9 Å². The summed E-state index contributed by atoms with van der Waals surface area (Å²) < 4.78 is 0. The largest absolute Gasteiger partial charge is 0.396 e. The third-order valence-corrected chi connectivity index (χ3v) is 4.64. The lowest BCUT2D eigenvalue weighted by Crippen LogP contribution is -2.11. The third-order valence-electron chi connectivity index (χ3n) is 4.64. The highest BCUT2D eigenvalue weighted by atomic mass is 35.5. The molecule has 1 atom stereocenters. The fourth-order valence-electron chi connectivity index (χ4n) is 3.55. The molecule has 4 rings (SSSR count). The number of rotatable bonds is 4. The number of nitrogens with two attached hydrogens (primary N) is 1. The second-order valence-electron chi connectivity index (χ2n) is 5.98. The number of hydrogen-bond acceptors (Lipinski definition) is 2. The van der Waals surface area contributed by atoms with Crippen molar-refractivity contribution in [2.24, 2.45) is 5.73 Å². The smallest absolute Gasteiger partial charge is 0.0431 e. The zero-order chi connectivity index (χ0) is 15.1. The molecular formula is C20H20ClNO. The zero-order valence-electron chi connectivity index (χ0n) is 12.8. The number of benzene rings is 4. The van der Waals surface area contributed by atoms with Gasteiger partial charge in [0.25, 0.3) is 0 Å². The minimum absolute atomic E-state index is 0. The lowest BCUT2D eigenvalue weighted by atomic mass is 9.89. The highest BCUT2D eigenvalue weighted by Gasteiger charge is 2.14. The third kappa shape index (κ3) is 2.53. The molecule has 0 fully saturated rings. The van der Waals surface area contributed by atoms with Crippen LogP contribution in [-0.4, -0.2) is 11.7 Å². The molecule has 23 heavy (non-hydrogen) atoms. The van der Waals surface area contributed by atoms with Crippen molar-refractivity contribution in [1.82, 2.24) is 0 Å². The monoisotopic (exact) mass is 325 g/mol. The van der Waals surface area contributed by atoms with Gasteiger partial charge in [-0.15, -0.1) is 12.4 Å². The molecular weight excluding hydrogens is 306 g/mol. The standard InChI is InChI=1S/C20H19NO.ClH/c21-18(5-2-12-22)16-10-8-15-7-6-13-3-1-4-14-9-11-17(16)20(15)19(13)14;/h1,3-4,6-11,18,22H,2,5,12,21H2;1H/t18-;/m0./s1. The van der Waals surface area contributed by atoms with E-state index in [-0.39, 0.29) is 25.1 Å². The van der Waals surface area contributed by atoms with Crippen LogP contribution < -0.4 is 5.73 Å². The van der Waals surface area contributed by atoms with E-state index in [9.17, 15) is 0 Å². The Morgan fingerprint density at radius 1 is 0.826 bits per heavy atom. The highest BCUT2D eigenvalue weighted by Crippen LogP contribution is 2.37. The summed E-state index contributed by atoms with van der Waals surface area (Å²) in [4.78, 5) is 0. The normalized spacial score (nSPS) is 12.8. The first kappa shape index (κ1) is 16.0. The Bertz CT molecular complexity index is 934. The van der Waals surface area contributed by atoms with Crippen LogP contribution in [0.1, 0.15) is 24.4 Å². The Morgan fingerprint density at radius 3 is 2.13 bits per heavy atom. The lowest BCUT2D eigenvalue weighted by Gasteiger charge is -2.17. The van der Waals surface area contributed by atoms with Gasteiger partial charge in [-0.2, -0.15) is 0 Å². The molecule has 0 unspecified atom stereocenters. The quantitative estimate of drug-likeness (QED) is 0.530. The van der Waals surface area contributed by atoms with Crippen LogP contribution in [0.3, 0.4) is 0 Å². The fraction of sp³-hybridized carbons (Fsp3) is 0.200. The topological polar surface area (TPSA) is 46.2 Å². The van der Waals surface area contributed by atoms with Crippen molar-refractivity contribution in [3.63, 3.8) is 0 Å². The Labute approximate surface area is 141 Å². The molecule has 4 aromatic carbocycles. The molecule has 0 spiro atoms. The van der Waals surface area contributed by atoms with E-state index in [2.05, 4.69) is 54.6 Å². The van der Waals surface area contributed by atoms with Gasteiger partial charge in [-0.05, 0) is 50.7 Å². The van der Waals surface area contributed by atoms with Crippen LogP contribution in [0.4, 0.5) is 0 Å². The number of aliphatic hydroxyl groups excluding tert-OH is 1. The zero-order valence-corrected chi connectivity index (χ0v) is 13.6. The van der Waals surface area contributed by atoms with Crippen LogP contribution in [-0.2, 0) is 0 Å². The van der Waals surface area contributed by atoms with E-state index in [4.69, 9.17) is 10.8 Å². The molecule has 0 aliphatic rings. The van der Waals surface area contributed by atoms with Crippen LogP contribution in [0, 0.1) is 0 Å². The van der Waals surface area contributed by atoms with Gasteiger partial charge in [-0.25, -0.2) is 0 Å². The van der Waals surface area contributed by atoms with Crippen LogP contribution in [0.15, 0.2) is 54.6 Å². The molecule has 0 aromatic heterocycles. The van der Waals surface area contributed by atoms with Gasteiger partial charge >= 0.3 is 0 Å². The minimum atomic E-state index is -0.0308. The molecule has 0 heterocycles. The molecule has 3 heteroatoms. The molecule has 0 amide bonds. The van der Waals surface area contributed by atoms with Gasteiger partial charge in [-0.1, -0.05) is 54.6 Å². The van der Waals surface area contributed by atoms with E-state index in [0.717, 1.165) is 12.8 Å². The van der Waals surface area contributed by atoms with Crippen molar-refractivity contribution < 1.29 is 5.11 Å². The van der Waals surface area contributed by atoms with Crippen LogP contribution in [0.25, 0.3) is 32.3 Å². The van der Waals surface area contributed by atoms with Crippen molar-refractivity contribution in [2.45, 2.75) is 18.9 Å². The average Bonchev–Trinajstić information content (AvgIpc) is 2.57. The minimum Gasteiger partial charge on any atom is -0.396 e. The number of hydrogen-bond donors (Lipinski definition) is 2. The number of aliphatic hydroxyl groups is 1. The summed E-state index contributed by atoms with van der Waals surface area (Å²) in [6.07, 6.45) is 1.55. The van der Waals surface area contributed by atoms with Crippen LogP contribution in [0.2, 0.25) is 0 Å². The molecule has 3 N–H and O–H groups in total. The van der Waals surface area contributed by atoms with Crippen LogP contribution in [0.5, 0.6) is 0 Å². The van der Waals surface area contributed by atoms with Crippen LogP contribution >= 0.6 is 12.4 Å². The summed E-state index contributed by atoms with van der Waals surface area (Å²) in [6, 6.07) is 19.5. The summed E-state index contributed by atoms with van der Waals surface area (Å²) in [5, 5.41) is 16.7. The maximum Gasteiger partial charge on any atom is 0.0431 e. The predicted molar refractivity (Wildman–Crippen MR) is 101 cm³/mol. The van der Waals surface area contributed by atoms with Gasteiger partial charge in [0.2, 0.25) is 0 Å². The summed E-state index contributed by atoms with van der Waals surface area (Å²) >= 11 is 0. The average molecular weight is 326 g/mol. The van der Waals surface area contributed by atoms with Gasteiger partial charge < -0.3 is 10.8 Å². The van der Waals surface area contributed by atoms with Crippen molar-refractivity contribution in [3.05, 3.63) is 60.2 Å². The van der Waals surface area contributed by atoms with Gasteiger partial charge in [0, 0.05) is 12.6 Å². The van der Waals surface area contributed by atoms with E-state index in [1.54, 1.807) is 0 Å². The van der Waals surface area contributed by atoms with Gasteiger partial charge in [-0.3, -0.25) is 0 Å². The van der Waals surface area contributed by atoms with E-state index < -0.39 is 0 Å². The molecule has 0 radical (unpaired) electrons. The van der Waals surface area contributed by atoms with Gasteiger partial charge in [0.1, 0.15) is 0 Å². The predicted octanol–water partition coefficient (Wildman–Crippen LogP) is 4.78. The molecule has 0 bridgehead atoms. The maximum absolute atomic E-state index is 9.04. The molecule has 0 saturated carbocycles. The Morgan fingerprint density at radius 2 is 1.43 bits per heavy atom. The molecule has 118 valence electrons. The summed E-state index contributed by atoms with van der Waals surface area (Å²) in [5.74, 6) is 0. The maximum atomic E-state index is 9.04. The fourth-order valence-corrected chi connectivity index (χ4v) is 3.55. The summed E-state index contributed by atoms with van der Waals surface area (Å²) in [7, 11) is 0. The second kappa shape index (κ2) is 6.32. The second-order valence-corrected chi connectivity index (χ2v) is 5.98. The van der Waals surface area contributed by atoms with Crippen molar-refractivity contribution in [3.8, 4) is 0 Å². The molecule has 4 aromatic rings. The molecule has 2 nitrogen and oxygen atoms in total. The van der Waals surface area contributed by atoms with E-state index in [0.29, 0.717) is 0 Å². The number of halogens is 1. The van der Waals surface area contributed by atoms with Gasteiger partial charge in [0.15, 0.2) is 0 Å². The first-order valence-corrected chi connectivity index (χ1v) is 7.82. The van der Waals surface area contributed by atoms with Crippen molar-refractivity contribution in [2.75, 3.05) is 6.61 Å². The molecule has 0 saturated heterocycles. The van der Waals surface area contributed by atoms with Crippen molar-refractivity contribution >= 4 is 44.7 Å². The summed E-state index contributed by atoms with van der Waals surface area (Å²) in [5.41, 5.74) is 7.55. The summed E-state index contributed by atoms with van der Waals surface area (Å²) in [6.45, 7) is 0.194. The van der Waals surface area contributed by atoms with Gasteiger partial charge in [0.05, 0.1) is 0 Å². The molecule has 0 aliphatic carbocycles. The first-order chi connectivity index (χ1) is 10.8. The van der Waals surface area contributed by atoms with Crippen molar-refractivity contribution in [1.29, 1.82) is 0 Å². The lowest BCUT2D eigenvalue weighted by molar-refractivity contribution is 0.280. The Kier molecular flexibility index (Phi) is 4.40. The van der Waals surface area contributed by atoms with E-state index >= 15 is 0 Å². The SMILES string of the molecule is Cl.N[C@@H](CCCO)c1ccc2ccc3cccc4ccc1c2c34. The first-order valence-electron chi connectivity index (χ1n) is 7.82. The molecule has 0 aliphatic heterocycles. The Balaban J connectivity index is 0.00000156. The Hall–Kier alpha value is -1.87.